The maximum Gasteiger partial charge on any atom is 0.233 e. The molecule has 0 aliphatic carbocycles. The average Bonchev–Trinajstić information content (AvgIpc) is 2.41. The second-order valence-electron chi connectivity index (χ2n) is 3.44. The summed E-state index contributed by atoms with van der Waals surface area (Å²) in [5, 5.41) is 16.4. The standard InChI is InChI=1S/C12H13N3O2/c16-9-11-4-5-12(15-14-11)17-8-6-10-3-1-2-7-13-10/h1-5,7,16H,6,8-9H2. The minimum Gasteiger partial charge on any atom is -0.476 e. The van der Waals surface area contributed by atoms with E-state index in [-0.39, 0.29) is 6.61 Å². The third-order valence-corrected chi connectivity index (χ3v) is 2.19. The molecule has 88 valence electrons. The Morgan fingerprint density at radius 2 is 2.00 bits per heavy atom. The molecule has 0 atom stereocenters. The van der Waals surface area contributed by atoms with Gasteiger partial charge in [0.15, 0.2) is 0 Å². The SMILES string of the molecule is OCc1ccc(OCCc2ccccn2)nn1. The molecule has 5 heteroatoms. The first-order valence-corrected chi connectivity index (χ1v) is 5.34. The Morgan fingerprint density at radius 1 is 1.06 bits per heavy atom. The van der Waals surface area contributed by atoms with Gasteiger partial charge in [0.05, 0.1) is 18.9 Å². The summed E-state index contributed by atoms with van der Waals surface area (Å²) in [5.41, 5.74) is 1.51. The zero-order chi connectivity index (χ0) is 11.9. The molecule has 0 amide bonds. The van der Waals surface area contributed by atoms with Crippen LogP contribution in [0.5, 0.6) is 5.88 Å². The van der Waals surface area contributed by atoms with Crippen LogP contribution in [-0.2, 0) is 13.0 Å². The van der Waals surface area contributed by atoms with E-state index in [1.165, 1.54) is 0 Å². The first kappa shape index (κ1) is 11.5. The highest BCUT2D eigenvalue weighted by Crippen LogP contribution is 2.05. The second-order valence-corrected chi connectivity index (χ2v) is 3.44. The van der Waals surface area contributed by atoms with Crippen LogP contribution in [0.3, 0.4) is 0 Å². The summed E-state index contributed by atoms with van der Waals surface area (Å²) in [6.45, 7) is 0.394. The summed E-state index contributed by atoms with van der Waals surface area (Å²) >= 11 is 0. The number of nitrogens with zero attached hydrogens (tertiary/aromatic N) is 3. The van der Waals surface area contributed by atoms with Crippen LogP contribution in [0.4, 0.5) is 0 Å². The van der Waals surface area contributed by atoms with Crippen molar-refractivity contribution in [2.24, 2.45) is 0 Å². The second kappa shape index (κ2) is 5.91. The molecule has 2 aromatic heterocycles. The van der Waals surface area contributed by atoms with Crippen LogP contribution in [0.25, 0.3) is 0 Å². The van der Waals surface area contributed by atoms with Crippen molar-refractivity contribution in [1.82, 2.24) is 15.2 Å². The normalized spacial score (nSPS) is 10.2. The van der Waals surface area contributed by atoms with Crippen molar-refractivity contribution in [3.63, 3.8) is 0 Å². The molecule has 0 radical (unpaired) electrons. The summed E-state index contributed by atoms with van der Waals surface area (Å²) in [4.78, 5) is 4.19. The van der Waals surface area contributed by atoms with Gasteiger partial charge in [-0.1, -0.05) is 6.07 Å². The lowest BCUT2D eigenvalue weighted by atomic mass is 10.3. The molecule has 17 heavy (non-hydrogen) atoms. The number of aliphatic hydroxyl groups excluding tert-OH is 1. The predicted octanol–water partition coefficient (Wildman–Crippen LogP) is 0.985. The Bertz CT molecular complexity index is 445. The van der Waals surface area contributed by atoms with Crippen molar-refractivity contribution in [3.05, 3.63) is 47.9 Å². The van der Waals surface area contributed by atoms with Gasteiger partial charge in [0.1, 0.15) is 0 Å². The molecule has 1 N–H and O–H groups in total. The van der Waals surface area contributed by atoms with E-state index in [1.54, 1.807) is 18.3 Å². The lowest BCUT2D eigenvalue weighted by Gasteiger charge is -2.04. The molecule has 5 nitrogen and oxygen atoms in total. The van der Waals surface area contributed by atoms with Crippen LogP contribution in [-0.4, -0.2) is 26.9 Å². The van der Waals surface area contributed by atoms with E-state index in [0.717, 1.165) is 12.1 Å². The number of aromatic nitrogens is 3. The number of hydrogen-bond donors (Lipinski definition) is 1. The quantitative estimate of drug-likeness (QED) is 0.831. The van der Waals surface area contributed by atoms with Gasteiger partial charge in [-0.3, -0.25) is 4.98 Å². The topological polar surface area (TPSA) is 68.1 Å². The largest absolute Gasteiger partial charge is 0.476 e. The molecule has 0 aliphatic rings. The van der Waals surface area contributed by atoms with Gasteiger partial charge in [0.2, 0.25) is 5.88 Å². The van der Waals surface area contributed by atoms with E-state index in [0.29, 0.717) is 18.2 Å². The highest BCUT2D eigenvalue weighted by molar-refractivity contribution is 5.11. The minimum absolute atomic E-state index is 0.110. The zero-order valence-corrected chi connectivity index (χ0v) is 9.28. The molecule has 2 rings (SSSR count). The Balaban J connectivity index is 1.82. The number of ether oxygens (including phenoxy) is 1. The fraction of sp³-hybridized carbons (Fsp3) is 0.250. The maximum absolute atomic E-state index is 8.80. The molecule has 0 fully saturated rings. The first-order valence-electron chi connectivity index (χ1n) is 5.34. The molecule has 0 aromatic carbocycles. The van der Waals surface area contributed by atoms with Gasteiger partial charge < -0.3 is 9.84 Å². The van der Waals surface area contributed by atoms with E-state index >= 15 is 0 Å². The Morgan fingerprint density at radius 3 is 2.65 bits per heavy atom. The zero-order valence-electron chi connectivity index (χ0n) is 9.28. The molecular weight excluding hydrogens is 218 g/mol. The van der Waals surface area contributed by atoms with E-state index in [2.05, 4.69) is 15.2 Å². The molecule has 0 bridgehead atoms. The van der Waals surface area contributed by atoms with Gasteiger partial charge >= 0.3 is 0 Å². The van der Waals surface area contributed by atoms with Crippen LogP contribution >= 0.6 is 0 Å². The first-order chi connectivity index (χ1) is 8.38. The number of pyridine rings is 1. The molecule has 0 saturated heterocycles. The van der Waals surface area contributed by atoms with Crippen molar-refractivity contribution < 1.29 is 9.84 Å². The fourth-order valence-corrected chi connectivity index (χ4v) is 1.32. The molecular formula is C12H13N3O2. The van der Waals surface area contributed by atoms with Crippen molar-refractivity contribution in [3.8, 4) is 5.88 Å². The summed E-state index contributed by atoms with van der Waals surface area (Å²) < 4.78 is 5.41. The van der Waals surface area contributed by atoms with Crippen LogP contribution < -0.4 is 4.74 Å². The van der Waals surface area contributed by atoms with Gasteiger partial charge in [-0.05, 0) is 18.2 Å². The van der Waals surface area contributed by atoms with Crippen LogP contribution in [0.2, 0.25) is 0 Å². The van der Waals surface area contributed by atoms with Gasteiger partial charge in [-0.15, -0.1) is 10.2 Å². The smallest absolute Gasteiger partial charge is 0.233 e. The third-order valence-electron chi connectivity index (χ3n) is 2.19. The van der Waals surface area contributed by atoms with Crippen molar-refractivity contribution >= 4 is 0 Å². The summed E-state index contributed by atoms with van der Waals surface area (Å²) in [5.74, 6) is 0.457. The number of rotatable bonds is 5. The van der Waals surface area contributed by atoms with Crippen LogP contribution in [0, 0.1) is 0 Å². The lowest BCUT2D eigenvalue weighted by molar-refractivity contribution is 0.271. The van der Waals surface area contributed by atoms with Crippen molar-refractivity contribution in [2.75, 3.05) is 6.61 Å². The van der Waals surface area contributed by atoms with Gasteiger partial charge in [0.25, 0.3) is 0 Å². The van der Waals surface area contributed by atoms with E-state index in [1.807, 2.05) is 18.2 Å². The molecule has 2 heterocycles. The monoisotopic (exact) mass is 231 g/mol. The predicted molar refractivity (Wildman–Crippen MR) is 61.4 cm³/mol. The average molecular weight is 231 g/mol. The fourth-order valence-electron chi connectivity index (χ4n) is 1.32. The van der Waals surface area contributed by atoms with Crippen LogP contribution in [0.1, 0.15) is 11.4 Å². The Labute approximate surface area is 99.1 Å². The van der Waals surface area contributed by atoms with E-state index in [9.17, 15) is 0 Å². The van der Waals surface area contributed by atoms with Crippen LogP contribution in [0.15, 0.2) is 36.5 Å². The molecule has 0 aliphatic heterocycles. The van der Waals surface area contributed by atoms with Crippen molar-refractivity contribution in [2.45, 2.75) is 13.0 Å². The molecule has 0 spiro atoms. The molecule has 0 saturated carbocycles. The number of aliphatic hydroxyl groups is 1. The maximum atomic E-state index is 8.80. The number of hydrogen-bond acceptors (Lipinski definition) is 5. The van der Waals surface area contributed by atoms with Gasteiger partial charge in [-0.25, -0.2) is 0 Å². The van der Waals surface area contributed by atoms with Gasteiger partial charge in [-0.2, -0.15) is 0 Å². The summed E-state index contributed by atoms with van der Waals surface area (Å²) in [6.07, 6.45) is 2.48. The molecule has 0 unspecified atom stereocenters. The van der Waals surface area contributed by atoms with Crippen molar-refractivity contribution in [1.29, 1.82) is 0 Å². The van der Waals surface area contributed by atoms with Gasteiger partial charge in [0, 0.05) is 24.4 Å². The Kier molecular flexibility index (Phi) is 3.99. The highest BCUT2D eigenvalue weighted by Gasteiger charge is 1.98. The van der Waals surface area contributed by atoms with E-state index in [4.69, 9.17) is 9.84 Å². The Hall–Kier alpha value is -2.01. The molecule has 2 aromatic rings. The third kappa shape index (κ3) is 3.49. The summed E-state index contributed by atoms with van der Waals surface area (Å²) in [6, 6.07) is 9.14. The minimum atomic E-state index is -0.110. The van der Waals surface area contributed by atoms with E-state index < -0.39 is 0 Å². The highest BCUT2D eigenvalue weighted by atomic mass is 16.5. The summed E-state index contributed by atoms with van der Waals surface area (Å²) in [7, 11) is 0. The lowest BCUT2D eigenvalue weighted by Crippen LogP contribution is -2.05.